The van der Waals surface area contributed by atoms with Crippen LogP contribution in [0.4, 0.5) is 0 Å². The highest BCUT2D eigenvalue weighted by Gasteiger charge is 2.24. The van der Waals surface area contributed by atoms with E-state index in [1.807, 2.05) is 19.1 Å². The Hall–Kier alpha value is -2.34. The minimum Gasteiger partial charge on any atom is -0.497 e. The molecule has 0 radical (unpaired) electrons. The second kappa shape index (κ2) is 8.78. The molecule has 4 rings (SSSR count). The Kier molecular flexibility index (Phi) is 5.95. The van der Waals surface area contributed by atoms with E-state index in [0.29, 0.717) is 0 Å². The van der Waals surface area contributed by atoms with Gasteiger partial charge in [-0.25, -0.2) is 0 Å². The van der Waals surface area contributed by atoms with Crippen molar-refractivity contribution in [2.24, 2.45) is 0 Å². The van der Waals surface area contributed by atoms with Crippen molar-refractivity contribution in [2.45, 2.75) is 19.5 Å². The van der Waals surface area contributed by atoms with Crippen molar-refractivity contribution in [1.29, 1.82) is 0 Å². The van der Waals surface area contributed by atoms with Crippen molar-refractivity contribution < 1.29 is 13.9 Å². The molecule has 0 saturated carbocycles. The third kappa shape index (κ3) is 4.38. The van der Waals surface area contributed by atoms with Gasteiger partial charge in [-0.05, 0) is 53.6 Å². The molecule has 2 aromatic carbocycles. The van der Waals surface area contributed by atoms with Crippen LogP contribution in [0.3, 0.4) is 0 Å². The van der Waals surface area contributed by atoms with Gasteiger partial charge in [0.2, 0.25) is 0 Å². The molecule has 1 aliphatic rings. The molecule has 1 aromatic heterocycles. The van der Waals surface area contributed by atoms with Crippen molar-refractivity contribution in [3.63, 3.8) is 0 Å². The second-order valence-corrected chi connectivity index (χ2v) is 7.29. The number of furan rings is 1. The maximum atomic E-state index is 5.95. The molecule has 1 aliphatic heterocycles. The SMILES string of the molecule is COc1ccc2cc(CNCC(c3ccc(C)o3)N3CCOCC3)ccc2c1. The fourth-order valence-electron chi connectivity index (χ4n) is 3.79. The minimum atomic E-state index is 0.224. The van der Waals surface area contributed by atoms with Crippen LogP contribution in [0.2, 0.25) is 0 Å². The van der Waals surface area contributed by atoms with Gasteiger partial charge in [0.1, 0.15) is 17.3 Å². The number of nitrogens with zero attached hydrogens (tertiary/aromatic N) is 1. The van der Waals surface area contributed by atoms with Crippen LogP contribution in [0.25, 0.3) is 10.8 Å². The van der Waals surface area contributed by atoms with Crippen molar-refractivity contribution in [2.75, 3.05) is 40.0 Å². The summed E-state index contributed by atoms with van der Waals surface area (Å²) >= 11 is 0. The van der Waals surface area contributed by atoms with Crippen molar-refractivity contribution in [3.05, 3.63) is 65.6 Å². The number of ether oxygens (including phenoxy) is 2. The zero-order valence-electron chi connectivity index (χ0n) is 16.6. The van der Waals surface area contributed by atoms with Crippen LogP contribution < -0.4 is 10.1 Å². The highest BCUT2D eigenvalue weighted by molar-refractivity contribution is 5.84. The molecule has 2 heterocycles. The number of methoxy groups -OCH3 is 1. The molecule has 5 heteroatoms. The molecule has 3 aromatic rings. The summed E-state index contributed by atoms with van der Waals surface area (Å²) in [5, 5.41) is 6.05. The number of aryl methyl sites for hydroxylation is 1. The topological polar surface area (TPSA) is 46.9 Å². The van der Waals surface area contributed by atoms with Gasteiger partial charge in [0.15, 0.2) is 0 Å². The van der Waals surface area contributed by atoms with Gasteiger partial charge in [-0.2, -0.15) is 0 Å². The average Bonchev–Trinajstić information content (AvgIpc) is 3.17. The Morgan fingerprint density at radius 2 is 1.82 bits per heavy atom. The number of benzene rings is 2. The average molecular weight is 380 g/mol. The predicted molar refractivity (Wildman–Crippen MR) is 111 cm³/mol. The Morgan fingerprint density at radius 3 is 2.57 bits per heavy atom. The van der Waals surface area contributed by atoms with Crippen LogP contribution in [0, 0.1) is 6.92 Å². The largest absolute Gasteiger partial charge is 0.497 e. The first-order valence-corrected chi connectivity index (χ1v) is 9.88. The van der Waals surface area contributed by atoms with Gasteiger partial charge >= 0.3 is 0 Å². The van der Waals surface area contributed by atoms with Gasteiger partial charge in [-0.3, -0.25) is 4.90 Å². The Bertz CT molecular complexity index is 915. The molecule has 1 saturated heterocycles. The van der Waals surface area contributed by atoms with Crippen LogP contribution in [-0.2, 0) is 11.3 Å². The minimum absolute atomic E-state index is 0.224. The van der Waals surface area contributed by atoms with Gasteiger partial charge in [-0.1, -0.05) is 18.2 Å². The van der Waals surface area contributed by atoms with Crippen LogP contribution >= 0.6 is 0 Å². The molecule has 148 valence electrons. The first-order valence-electron chi connectivity index (χ1n) is 9.88. The molecule has 0 aliphatic carbocycles. The van der Waals surface area contributed by atoms with Gasteiger partial charge in [0.25, 0.3) is 0 Å². The fourth-order valence-corrected chi connectivity index (χ4v) is 3.79. The van der Waals surface area contributed by atoms with Gasteiger partial charge < -0.3 is 19.2 Å². The molecular weight excluding hydrogens is 352 g/mol. The van der Waals surface area contributed by atoms with Gasteiger partial charge in [0, 0.05) is 26.2 Å². The normalized spacial score (nSPS) is 16.4. The second-order valence-electron chi connectivity index (χ2n) is 7.29. The fraction of sp³-hybridized carbons (Fsp3) is 0.391. The third-order valence-electron chi connectivity index (χ3n) is 5.35. The molecule has 1 N–H and O–H groups in total. The molecule has 0 amide bonds. The zero-order chi connectivity index (χ0) is 19.3. The van der Waals surface area contributed by atoms with Crippen LogP contribution in [0.15, 0.2) is 52.9 Å². The molecule has 1 unspecified atom stereocenters. The van der Waals surface area contributed by atoms with E-state index < -0.39 is 0 Å². The predicted octanol–water partition coefficient (Wildman–Crippen LogP) is 3.91. The number of nitrogens with one attached hydrogen (secondary N) is 1. The quantitative estimate of drug-likeness (QED) is 0.673. The first-order chi connectivity index (χ1) is 13.7. The van der Waals surface area contributed by atoms with Crippen molar-refractivity contribution in [1.82, 2.24) is 10.2 Å². The first kappa shape index (κ1) is 19.0. The lowest BCUT2D eigenvalue weighted by Crippen LogP contribution is -2.42. The molecule has 1 atom stereocenters. The van der Waals surface area contributed by atoms with E-state index >= 15 is 0 Å². The Labute approximate surface area is 166 Å². The van der Waals surface area contributed by atoms with E-state index in [-0.39, 0.29) is 6.04 Å². The summed E-state index contributed by atoms with van der Waals surface area (Å²) in [4.78, 5) is 2.45. The zero-order valence-corrected chi connectivity index (χ0v) is 16.6. The number of morpholine rings is 1. The maximum absolute atomic E-state index is 5.95. The number of hydrogen-bond acceptors (Lipinski definition) is 5. The van der Waals surface area contributed by atoms with Crippen molar-refractivity contribution >= 4 is 10.8 Å². The molecule has 0 spiro atoms. The van der Waals surface area contributed by atoms with Crippen LogP contribution in [0.5, 0.6) is 5.75 Å². The van der Waals surface area contributed by atoms with Crippen molar-refractivity contribution in [3.8, 4) is 5.75 Å². The van der Waals surface area contributed by atoms with E-state index in [0.717, 1.165) is 56.7 Å². The summed E-state index contributed by atoms with van der Waals surface area (Å²) in [5.74, 6) is 2.87. The van der Waals surface area contributed by atoms with E-state index in [9.17, 15) is 0 Å². The van der Waals surface area contributed by atoms with E-state index in [1.165, 1.54) is 16.3 Å². The van der Waals surface area contributed by atoms with E-state index in [2.05, 4.69) is 46.6 Å². The highest BCUT2D eigenvalue weighted by Crippen LogP contribution is 2.24. The van der Waals surface area contributed by atoms with Gasteiger partial charge in [0.05, 0.1) is 26.4 Å². The number of hydrogen-bond donors (Lipinski definition) is 1. The lowest BCUT2D eigenvalue weighted by Gasteiger charge is -2.33. The molecule has 1 fully saturated rings. The smallest absolute Gasteiger partial charge is 0.122 e. The highest BCUT2D eigenvalue weighted by atomic mass is 16.5. The van der Waals surface area contributed by atoms with Crippen LogP contribution in [0.1, 0.15) is 23.1 Å². The molecule has 0 bridgehead atoms. The summed E-state index contributed by atoms with van der Waals surface area (Å²) in [6.45, 7) is 7.09. The van der Waals surface area contributed by atoms with Crippen LogP contribution in [-0.4, -0.2) is 44.9 Å². The number of rotatable bonds is 7. The summed E-state index contributed by atoms with van der Waals surface area (Å²) < 4.78 is 16.8. The monoisotopic (exact) mass is 380 g/mol. The Morgan fingerprint density at radius 1 is 1.04 bits per heavy atom. The summed E-state index contributed by atoms with van der Waals surface area (Å²) in [7, 11) is 1.70. The summed E-state index contributed by atoms with van der Waals surface area (Å²) in [6, 6.07) is 17.1. The summed E-state index contributed by atoms with van der Waals surface area (Å²) in [5.41, 5.74) is 1.27. The standard InChI is InChI=1S/C23H28N2O3/c1-17-3-8-23(28-17)22(25-9-11-27-12-10-25)16-24-15-18-4-5-20-14-21(26-2)7-6-19(20)13-18/h3-8,13-14,22,24H,9-12,15-16H2,1-2H3. The number of fused-ring (bicyclic) bond motifs is 1. The lowest BCUT2D eigenvalue weighted by molar-refractivity contribution is 0.0115. The molecule has 5 nitrogen and oxygen atoms in total. The summed E-state index contributed by atoms with van der Waals surface area (Å²) in [6.07, 6.45) is 0. The van der Waals surface area contributed by atoms with Gasteiger partial charge in [-0.15, -0.1) is 0 Å². The molecular formula is C23H28N2O3. The Balaban J connectivity index is 1.43. The maximum Gasteiger partial charge on any atom is 0.122 e. The third-order valence-corrected chi connectivity index (χ3v) is 5.35. The van der Waals surface area contributed by atoms with E-state index in [4.69, 9.17) is 13.9 Å². The molecule has 28 heavy (non-hydrogen) atoms. The lowest BCUT2D eigenvalue weighted by atomic mass is 10.1. The van der Waals surface area contributed by atoms with E-state index in [1.54, 1.807) is 7.11 Å².